The van der Waals surface area contributed by atoms with Crippen molar-refractivity contribution in [1.82, 2.24) is 14.7 Å². The number of hydrogen-bond acceptors (Lipinski definition) is 5. The molecule has 3 amide bonds. The number of aliphatic hydroxyl groups is 1. The molecular weight excluding hydrogens is 554 g/mol. The first kappa shape index (κ1) is 33.9. The zero-order chi connectivity index (χ0) is 32.6. The molecule has 0 aliphatic carbocycles. The smallest absolute Gasteiger partial charge is 0.249 e. The lowest BCUT2D eigenvalue weighted by molar-refractivity contribution is -0.156. The molecule has 3 aliphatic rings. The monoisotopic (exact) mass is 607 g/mol. The summed E-state index contributed by atoms with van der Waals surface area (Å²) in [6, 6.07) is 8.20. The number of fused-ring (bicyclic) bond motifs is 1. The Hall–Kier alpha value is -2.97. The van der Waals surface area contributed by atoms with Crippen LogP contribution >= 0.6 is 0 Å². The highest BCUT2D eigenvalue weighted by atomic mass is 16.5. The fourth-order valence-corrected chi connectivity index (χ4v) is 8.34. The molecule has 6 atom stereocenters. The van der Waals surface area contributed by atoms with E-state index >= 15 is 0 Å². The summed E-state index contributed by atoms with van der Waals surface area (Å²) < 4.78 is 6.76. The van der Waals surface area contributed by atoms with Crippen LogP contribution < -0.4 is 0 Å². The molecule has 3 fully saturated rings. The average molecular weight is 608 g/mol. The van der Waals surface area contributed by atoms with Gasteiger partial charge in [0, 0.05) is 25.2 Å². The van der Waals surface area contributed by atoms with E-state index < -0.39 is 41.2 Å². The standard InChI is InChI=1S/C36H53N3O5/c1-10-19-37(21-25-15-13-12-14-16-25)31(41)28-27-17-18-36(44-27)29(28)32(42)39(26(22-40)24(3)4)30(36)33(43)38(20-11-2)35(8,9)23-34(5,6)7/h10-16,24,26-30,40H,1-2,17-23H2,3-9H3/t26-,27-,28+,29-,30?,36?/m0/s1. The molecule has 4 rings (SSSR count). The van der Waals surface area contributed by atoms with Crippen molar-refractivity contribution in [2.75, 3.05) is 19.7 Å². The molecule has 2 unspecified atom stereocenters. The van der Waals surface area contributed by atoms with Gasteiger partial charge in [-0.05, 0) is 50.0 Å². The fraction of sp³-hybridized carbons (Fsp3) is 0.639. The van der Waals surface area contributed by atoms with Gasteiger partial charge in [-0.3, -0.25) is 14.4 Å². The number of benzene rings is 1. The summed E-state index contributed by atoms with van der Waals surface area (Å²) in [5.41, 5.74) is -0.781. The Balaban J connectivity index is 1.79. The first-order valence-corrected chi connectivity index (χ1v) is 16.1. The van der Waals surface area contributed by atoms with E-state index in [1.807, 2.05) is 49.1 Å². The fourth-order valence-electron chi connectivity index (χ4n) is 8.34. The van der Waals surface area contributed by atoms with Gasteiger partial charge < -0.3 is 24.5 Å². The zero-order valence-corrected chi connectivity index (χ0v) is 27.8. The quantitative estimate of drug-likeness (QED) is 0.325. The highest BCUT2D eigenvalue weighted by molar-refractivity contribution is 5.99. The Morgan fingerprint density at radius 3 is 2.27 bits per heavy atom. The maximum Gasteiger partial charge on any atom is 0.249 e. The maximum absolute atomic E-state index is 15.0. The summed E-state index contributed by atoms with van der Waals surface area (Å²) in [5, 5.41) is 10.6. The summed E-state index contributed by atoms with van der Waals surface area (Å²) in [5.74, 6) is -2.30. The van der Waals surface area contributed by atoms with Crippen molar-refractivity contribution >= 4 is 17.7 Å². The largest absolute Gasteiger partial charge is 0.394 e. The minimum absolute atomic E-state index is 0.0615. The minimum atomic E-state index is -1.15. The van der Waals surface area contributed by atoms with Crippen molar-refractivity contribution in [2.24, 2.45) is 23.2 Å². The Labute approximate surface area is 264 Å². The molecule has 1 spiro atoms. The zero-order valence-electron chi connectivity index (χ0n) is 27.8. The molecule has 1 aromatic rings. The molecule has 2 bridgehead atoms. The highest BCUT2D eigenvalue weighted by Gasteiger charge is 2.75. The molecular formula is C36H53N3O5. The van der Waals surface area contributed by atoms with E-state index in [9.17, 15) is 19.5 Å². The van der Waals surface area contributed by atoms with Crippen molar-refractivity contribution in [3.63, 3.8) is 0 Å². The predicted octanol–water partition coefficient (Wildman–Crippen LogP) is 4.82. The van der Waals surface area contributed by atoms with Gasteiger partial charge in [0.1, 0.15) is 11.6 Å². The van der Waals surface area contributed by atoms with Crippen LogP contribution in [0.25, 0.3) is 0 Å². The van der Waals surface area contributed by atoms with Gasteiger partial charge in [0.05, 0.1) is 30.6 Å². The Morgan fingerprint density at radius 2 is 1.73 bits per heavy atom. The van der Waals surface area contributed by atoms with E-state index in [4.69, 9.17) is 4.74 Å². The highest BCUT2D eigenvalue weighted by Crippen LogP contribution is 2.59. The van der Waals surface area contributed by atoms with E-state index in [-0.39, 0.29) is 35.7 Å². The van der Waals surface area contributed by atoms with Gasteiger partial charge in [-0.15, -0.1) is 13.2 Å². The summed E-state index contributed by atoms with van der Waals surface area (Å²) in [7, 11) is 0. The van der Waals surface area contributed by atoms with Crippen molar-refractivity contribution in [3.05, 3.63) is 61.2 Å². The van der Waals surface area contributed by atoms with E-state index in [1.165, 1.54) is 0 Å². The first-order chi connectivity index (χ1) is 20.6. The second-order valence-corrected chi connectivity index (χ2v) is 15.1. The second-order valence-electron chi connectivity index (χ2n) is 15.1. The van der Waals surface area contributed by atoms with Gasteiger partial charge in [-0.1, -0.05) is 77.1 Å². The van der Waals surface area contributed by atoms with E-state index in [0.717, 1.165) is 12.0 Å². The lowest BCUT2D eigenvalue weighted by Gasteiger charge is -2.46. The molecule has 1 aromatic carbocycles. The third kappa shape index (κ3) is 6.12. The van der Waals surface area contributed by atoms with Crippen molar-refractivity contribution in [1.29, 1.82) is 0 Å². The molecule has 1 N–H and O–H groups in total. The van der Waals surface area contributed by atoms with Crippen LogP contribution in [0.2, 0.25) is 0 Å². The van der Waals surface area contributed by atoms with Crippen LogP contribution in [0.5, 0.6) is 0 Å². The number of likely N-dealkylation sites (tertiary alicyclic amines) is 1. The van der Waals surface area contributed by atoms with Crippen LogP contribution in [-0.2, 0) is 25.7 Å². The van der Waals surface area contributed by atoms with Gasteiger partial charge in [0.2, 0.25) is 17.7 Å². The summed E-state index contributed by atoms with van der Waals surface area (Å²) in [6.45, 7) is 23.0. The molecule has 0 radical (unpaired) electrons. The molecule has 8 heteroatoms. The van der Waals surface area contributed by atoms with Crippen LogP contribution in [0.1, 0.15) is 73.3 Å². The van der Waals surface area contributed by atoms with Gasteiger partial charge in [0.15, 0.2) is 0 Å². The Kier molecular flexibility index (Phi) is 9.86. The van der Waals surface area contributed by atoms with Crippen molar-refractivity contribution in [3.8, 4) is 0 Å². The summed E-state index contributed by atoms with van der Waals surface area (Å²) >= 11 is 0. The van der Waals surface area contributed by atoms with Crippen molar-refractivity contribution < 1.29 is 24.2 Å². The van der Waals surface area contributed by atoms with Crippen LogP contribution in [0, 0.1) is 23.2 Å². The Bertz CT molecular complexity index is 1240. The molecule has 242 valence electrons. The number of amides is 3. The first-order valence-electron chi connectivity index (χ1n) is 16.1. The molecule has 8 nitrogen and oxygen atoms in total. The van der Waals surface area contributed by atoms with Gasteiger partial charge in [-0.2, -0.15) is 0 Å². The molecule has 3 heterocycles. The van der Waals surface area contributed by atoms with Crippen molar-refractivity contribution in [2.45, 2.75) is 104 Å². The number of rotatable bonds is 13. The number of carbonyl (C=O) groups is 3. The molecule has 3 saturated heterocycles. The average Bonchev–Trinajstić information content (AvgIpc) is 3.58. The SMILES string of the molecule is C=CCN(Cc1ccccc1)C(=O)[C@@H]1[C@@H]2CCC3(O2)C(C(=O)N(CC=C)C(C)(C)CC(C)(C)C)N([C@@H](CO)C(C)C)C(=O)[C@H]13. The summed E-state index contributed by atoms with van der Waals surface area (Å²) in [4.78, 5) is 49.2. The van der Waals surface area contributed by atoms with Gasteiger partial charge >= 0.3 is 0 Å². The topological polar surface area (TPSA) is 90.4 Å². The van der Waals surface area contributed by atoms with E-state index in [0.29, 0.717) is 32.5 Å². The number of carbonyl (C=O) groups excluding carboxylic acids is 3. The Morgan fingerprint density at radius 1 is 1.09 bits per heavy atom. The summed E-state index contributed by atoms with van der Waals surface area (Å²) in [6.07, 6.45) is 4.78. The number of ether oxygens (including phenoxy) is 1. The molecule has 0 saturated carbocycles. The van der Waals surface area contributed by atoms with E-state index in [1.54, 1.807) is 22.0 Å². The van der Waals surface area contributed by atoms with Crippen LogP contribution in [0.4, 0.5) is 0 Å². The predicted molar refractivity (Wildman–Crippen MR) is 172 cm³/mol. The third-order valence-corrected chi connectivity index (χ3v) is 9.72. The molecule has 3 aliphatic heterocycles. The maximum atomic E-state index is 15.0. The normalized spacial score (nSPS) is 26.9. The second kappa shape index (κ2) is 12.8. The van der Waals surface area contributed by atoms with Gasteiger partial charge in [-0.25, -0.2) is 0 Å². The number of aliphatic hydroxyl groups excluding tert-OH is 1. The number of nitrogens with zero attached hydrogens (tertiary/aromatic N) is 3. The molecule has 44 heavy (non-hydrogen) atoms. The van der Waals surface area contributed by atoms with E-state index in [2.05, 4.69) is 47.8 Å². The van der Waals surface area contributed by atoms with Crippen LogP contribution in [0.3, 0.4) is 0 Å². The minimum Gasteiger partial charge on any atom is -0.394 e. The van der Waals surface area contributed by atoms with Gasteiger partial charge in [0.25, 0.3) is 0 Å². The lowest BCUT2D eigenvalue weighted by Crippen LogP contribution is -2.63. The molecule has 0 aromatic heterocycles. The lowest BCUT2D eigenvalue weighted by atomic mass is 9.70. The van der Waals surface area contributed by atoms with Crippen LogP contribution in [-0.4, -0.2) is 86.6 Å². The third-order valence-electron chi connectivity index (χ3n) is 9.72. The van der Waals surface area contributed by atoms with Crippen LogP contribution in [0.15, 0.2) is 55.6 Å². The number of hydrogen-bond donors (Lipinski definition) is 1.